The van der Waals surface area contributed by atoms with Gasteiger partial charge in [0.1, 0.15) is 5.75 Å². The molecule has 0 aliphatic heterocycles. The summed E-state index contributed by atoms with van der Waals surface area (Å²) in [7, 11) is -3.70. The molecule has 1 unspecified atom stereocenters. The summed E-state index contributed by atoms with van der Waals surface area (Å²) in [6.07, 6.45) is -0.0687. The molecule has 0 bridgehead atoms. The summed E-state index contributed by atoms with van der Waals surface area (Å²) >= 11 is 0. The molecule has 1 aromatic rings. The predicted octanol–water partition coefficient (Wildman–Crippen LogP) is 0.981. The number of nitrogens with one attached hydrogen (secondary N) is 2. The first-order valence-electron chi connectivity index (χ1n) is 7.95. The summed E-state index contributed by atoms with van der Waals surface area (Å²) in [5.41, 5.74) is 0. The van der Waals surface area contributed by atoms with Crippen LogP contribution in [0, 0.1) is 5.92 Å². The van der Waals surface area contributed by atoms with Crippen molar-refractivity contribution in [3.8, 4) is 5.75 Å². The van der Waals surface area contributed by atoms with E-state index in [4.69, 9.17) is 9.84 Å². The Hall–Kier alpha value is -2.13. The molecule has 1 rings (SSSR count). The zero-order valence-corrected chi connectivity index (χ0v) is 15.1. The Labute approximate surface area is 147 Å². The summed E-state index contributed by atoms with van der Waals surface area (Å²) in [6.45, 7) is 4.22. The number of amides is 1. The minimum absolute atomic E-state index is 0.0317. The van der Waals surface area contributed by atoms with Gasteiger partial charge in [-0.1, -0.05) is 6.92 Å². The predicted molar refractivity (Wildman–Crippen MR) is 91.8 cm³/mol. The van der Waals surface area contributed by atoms with Crippen LogP contribution in [0.15, 0.2) is 29.2 Å². The van der Waals surface area contributed by atoms with Crippen LogP contribution < -0.4 is 14.8 Å². The Morgan fingerprint density at radius 2 is 1.88 bits per heavy atom. The summed E-state index contributed by atoms with van der Waals surface area (Å²) in [4.78, 5) is 22.3. The Bertz CT molecular complexity index is 672. The van der Waals surface area contributed by atoms with Crippen molar-refractivity contribution in [1.29, 1.82) is 0 Å². The van der Waals surface area contributed by atoms with Crippen molar-refractivity contribution in [2.75, 3.05) is 19.7 Å². The van der Waals surface area contributed by atoms with Gasteiger partial charge in [-0.3, -0.25) is 9.59 Å². The number of hydrogen-bond donors (Lipinski definition) is 3. The largest absolute Gasteiger partial charge is 0.494 e. The van der Waals surface area contributed by atoms with Crippen molar-refractivity contribution in [2.45, 2.75) is 31.6 Å². The van der Waals surface area contributed by atoms with Crippen molar-refractivity contribution in [2.24, 2.45) is 5.92 Å². The van der Waals surface area contributed by atoms with E-state index in [1.54, 1.807) is 19.1 Å². The lowest BCUT2D eigenvalue weighted by molar-refractivity contribution is -0.138. The van der Waals surface area contributed by atoms with Crippen LogP contribution in [0.2, 0.25) is 0 Å². The molecule has 3 N–H and O–H groups in total. The molecule has 140 valence electrons. The summed E-state index contributed by atoms with van der Waals surface area (Å²) in [6, 6.07) is 5.99. The topological polar surface area (TPSA) is 122 Å². The van der Waals surface area contributed by atoms with E-state index in [0.29, 0.717) is 12.4 Å². The fraction of sp³-hybridized carbons (Fsp3) is 0.500. The van der Waals surface area contributed by atoms with E-state index in [0.717, 1.165) is 0 Å². The maximum Gasteiger partial charge on any atom is 0.303 e. The van der Waals surface area contributed by atoms with E-state index in [1.807, 2.05) is 6.92 Å². The van der Waals surface area contributed by atoms with Gasteiger partial charge in [0.05, 0.1) is 11.5 Å². The molecule has 0 aliphatic rings. The van der Waals surface area contributed by atoms with Crippen LogP contribution in [0.1, 0.15) is 26.7 Å². The van der Waals surface area contributed by atoms with Crippen LogP contribution in [0.25, 0.3) is 0 Å². The number of sulfonamides is 1. The number of benzene rings is 1. The fourth-order valence-electron chi connectivity index (χ4n) is 2.01. The van der Waals surface area contributed by atoms with Crippen LogP contribution in [0.4, 0.5) is 0 Å². The molecule has 25 heavy (non-hydrogen) atoms. The minimum atomic E-state index is -3.70. The Morgan fingerprint density at radius 1 is 1.24 bits per heavy atom. The molecule has 0 aliphatic carbocycles. The molecule has 0 fully saturated rings. The zero-order chi connectivity index (χ0) is 18.9. The van der Waals surface area contributed by atoms with Crippen LogP contribution in [0.5, 0.6) is 5.75 Å². The summed E-state index contributed by atoms with van der Waals surface area (Å²) in [5.74, 6) is -0.880. The molecule has 0 radical (unpaired) electrons. The molecule has 0 spiro atoms. The molecule has 0 aromatic heterocycles. The van der Waals surface area contributed by atoms with Gasteiger partial charge in [0, 0.05) is 25.9 Å². The van der Waals surface area contributed by atoms with Gasteiger partial charge in [0.15, 0.2) is 0 Å². The minimum Gasteiger partial charge on any atom is -0.494 e. The van der Waals surface area contributed by atoms with E-state index in [1.165, 1.54) is 12.1 Å². The van der Waals surface area contributed by atoms with Crippen LogP contribution in [0.3, 0.4) is 0 Å². The maximum atomic E-state index is 12.1. The number of carboxylic acid groups (broad SMARTS) is 1. The van der Waals surface area contributed by atoms with Gasteiger partial charge in [0.25, 0.3) is 0 Å². The Kier molecular flexibility index (Phi) is 8.36. The normalized spacial score (nSPS) is 12.4. The van der Waals surface area contributed by atoms with Crippen LogP contribution in [-0.2, 0) is 19.6 Å². The van der Waals surface area contributed by atoms with Gasteiger partial charge in [-0.2, -0.15) is 0 Å². The third-order valence-electron chi connectivity index (χ3n) is 3.26. The average Bonchev–Trinajstić information content (AvgIpc) is 2.53. The van der Waals surface area contributed by atoms with Gasteiger partial charge < -0.3 is 15.2 Å². The van der Waals surface area contributed by atoms with Crippen LogP contribution in [-0.4, -0.2) is 45.1 Å². The third-order valence-corrected chi connectivity index (χ3v) is 4.74. The lowest BCUT2D eigenvalue weighted by Gasteiger charge is -2.11. The Morgan fingerprint density at radius 3 is 2.44 bits per heavy atom. The SMILES string of the molecule is CCOc1ccc(S(=O)(=O)NCCC(=O)NCC(C)CC(=O)O)cc1. The first kappa shape index (κ1) is 20.9. The van der Waals surface area contributed by atoms with Gasteiger partial charge in [-0.25, -0.2) is 13.1 Å². The van der Waals surface area contributed by atoms with E-state index < -0.39 is 16.0 Å². The molecular weight excluding hydrogens is 348 g/mol. The van der Waals surface area contributed by atoms with Gasteiger partial charge in [-0.05, 0) is 37.1 Å². The summed E-state index contributed by atoms with van der Waals surface area (Å²) < 4.78 is 31.8. The van der Waals surface area contributed by atoms with Gasteiger partial charge in [-0.15, -0.1) is 0 Å². The number of carboxylic acids is 1. The molecule has 0 heterocycles. The van der Waals surface area contributed by atoms with E-state index in [2.05, 4.69) is 10.0 Å². The number of carbonyl (C=O) groups excluding carboxylic acids is 1. The number of hydrogen-bond acceptors (Lipinski definition) is 5. The molecule has 0 saturated heterocycles. The van der Waals surface area contributed by atoms with E-state index in [9.17, 15) is 18.0 Å². The highest BCUT2D eigenvalue weighted by molar-refractivity contribution is 7.89. The second-order valence-corrected chi connectivity index (χ2v) is 7.33. The standard InChI is InChI=1S/C16H24N2O6S/c1-3-24-13-4-6-14(7-5-13)25(22,23)18-9-8-15(19)17-11-12(2)10-16(20)21/h4-7,12,18H,3,8-11H2,1-2H3,(H,17,19)(H,20,21). The fourth-order valence-corrected chi connectivity index (χ4v) is 3.04. The van der Waals surface area contributed by atoms with Crippen LogP contribution >= 0.6 is 0 Å². The van der Waals surface area contributed by atoms with Crippen molar-refractivity contribution in [3.05, 3.63) is 24.3 Å². The zero-order valence-electron chi connectivity index (χ0n) is 14.3. The van der Waals surface area contributed by atoms with Crippen molar-refractivity contribution in [3.63, 3.8) is 0 Å². The van der Waals surface area contributed by atoms with Gasteiger partial charge in [0.2, 0.25) is 15.9 Å². The second-order valence-electron chi connectivity index (χ2n) is 5.56. The van der Waals surface area contributed by atoms with E-state index >= 15 is 0 Å². The lowest BCUT2D eigenvalue weighted by Crippen LogP contribution is -2.33. The Balaban J connectivity index is 2.40. The smallest absolute Gasteiger partial charge is 0.303 e. The summed E-state index contributed by atoms with van der Waals surface area (Å²) in [5, 5.41) is 11.2. The molecule has 1 atom stereocenters. The number of rotatable bonds is 11. The van der Waals surface area contributed by atoms with Gasteiger partial charge >= 0.3 is 5.97 Å². The monoisotopic (exact) mass is 372 g/mol. The number of aliphatic carboxylic acids is 1. The highest BCUT2D eigenvalue weighted by atomic mass is 32.2. The maximum absolute atomic E-state index is 12.1. The first-order chi connectivity index (χ1) is 11.7. The number of carbonyl (C=O) groups is 2. The highest BCUT2D eigenvalue weighted by Crippen LogP contribution is 2.15. The van der Waals surface area contributed by atoms with E-state index in [-0.39, 0.29) is 42.7 Å². The molecular formula is C16H24N2O6S. The molecule has 1 aromatic carbocycles. The molecule has 0 saturated carbocycles. The van der Waals surface area contributed by atoms with Crippen molar-refractivity contribution in [1.82, 2.24) is 10.0 Å². The quantitative estimate of drug-likeness (QED) is 0.532. The number of ether oxygens (including phenoxy) is 1. The van der Waals surface area contributed by atoms with Crippen molar-refractivity contribution >= 4 is 21.9 Å². The van der Waals surface area contributed by atoms with Crippen molar-refractivity contribution < 1.29 is 27.9 Å². The average molecular weight is 372 g/mol. The lowest BCUT2D eigenvalue weighted by atomic mass is 10.1. The third kappa shape index (κ3) is 7.99. The first-order valence-corrected chi connectivity index (χ1v) is 9.44. The molecule has 8 nitrogen and oxygen atoms in total. The highest BCUT2D eigenvalue weighted by Gasteiger charge is 2.15. The molecule has 1 amide bonds. The second kappa shape index (κ2) is 10.00. The molecule has 9 heteroatoms.